The maximum atomic E-state index is 11.8. The Bertz CT molecular complexity index is 469. The molecule has 3 unspecified atom stereocenters. The normalized spacial score (nSPS) is 14.4. The first-order chi connectivity index (χ1) is 11.1. The Hall–Kier alpha value is -2.24. The summed E-state index contributed by atoms with van der Waals surface area (Å²) in [6.07, 6.45) is 0. The highest BCUT2D eigenvalue weighted by molar-refractivity contribution is 5.92. The number of carbonyl (C=O) groups excluding carboxylic acids is 3. The molecule has 3 amide bonds. The van der Waals surface area contributed by atoms with Gasteiger partial charge in [0.25, 0.3) is 0 Å². The number of carboxylic acids is 1. The van der Waals surface area contributed by atoms with Gasteiger partial charge in [-0.25, -0.2) is 4.79 Å². The van der Waals surface area contributed by atoms with E-state index in [4.69, 9.17) is 21.1 Å². The van der Waals surface area contributed by atoms with Crippen LogP contribution in [0.15, 0.2) is 0 Å². The van der Waals surface area contributed by atoms with Gasteiger partial charge in [-0.1, -0.05) is 13.8 Å². The van der Waals surface area contributed by atoms with E-state index in [-0.39, 0.29) is 5.92 Å². The largest absolute Gasteiger partial charge is 0.480 e. The minimum absolute atomic E-state index is 0.355. The third-order valence-corrected chi connectivity index (χ3v) is 3.02. The molecule has 0 spiro atoms. The molecule has 3 atom stereocenters. The molecular formula is C13H24N4O7. The van der Waals surface area contributed by atoms with E-state index >= 15 is 0 Å². The van der Waals surface area contributed by atoms with Crippen LogP contribution < -0.4 is 21.7 Å². The molecule has 0 aromatic heterocycles. The Morgan fingerprint density at radius 3 is 2.00 bits per heavy atom. The molecule has 0 aliphatic heterocycles. The van der Waals surface area contributed by atoms with Crippen LogP contribution in [0, 0.1) is 5.92 Å². The van der Waals surface area contributed by atoms with Gasteiger partial charge < -0.3 is 37.0 Å². The van der Waals surface area contributed by atoms with E-state index in [1.54, 1.807) is 13.8 Å². The van der Waals surface area contributed by atoms with E-state index in [0.717, 1.165) is 0 Å². The first-order valence-electron chi connectivity index (χ1n) is 7.21. The van der Waals surface area contributed by atoms with Crippen molar-refractivity contribution in [3.63, 3.8) is 0 Å². The molecule has 11 heteroatoms. The molecule has 138 valence electrons. The van der Waals surface area contributed by atoms with Gasteiger partial charge in [0.15, 0.2) is 0 Å². The second-order valence-electron chi connectivity index (χ2n) is 5.38. The van der Waals surface area contributed by atoms with Crippen LogP contribution in [0.3, 0.4) is 0 Å². The maximum Gasteiger partial charge on any atom is 0.326 e. The molecule has 0 saturated carbocycles. The number of amides is 3. The lowest BCUT2D eigenvalue weighted by Crippen LogP contribution is -2.55. The molecule has 0 heterocycles. The first kappa shape index (κ1) is 21.8. The highest BCUT2D eigenvalue weighted by Gasteiger charge is 2.25. The smallest absolute Gasteiger partial charge is 0.326 e. The number of aliphatic hydroxyl groups excluding tert-OH is 2. The highest BCUT2D eigenvalue weighted by atomic mass is 16.4. The number of carbonyl (C=O) groups is 4. The van der Waals surface area contributed by atoms with Crippen LogP contribution in [0.25, 0.3) is 0 Å². The fraction of sp³-hybridized carbons (Fsp3) is 0.692. The summed E-state index contributed by atoms with van der Waals surface area (Å²) in [5, 5.41) is 33.3. The first-order valence-corrected chi connectivity index (χ1v) is 7.21. The summed E-state index contributed by atoms with van der Waals surface area (Å²) in [5.74, 6) is -4.00. The van der Waals surface area contributed by atoms with Crippen LogP contribution in [0.2, 0.25) is 0 Å². The number of carboxylic acid groups (broad SMARTS) is 1. The van der Waals surface area contributed by atoms with Crippen molar-refractivity contribution in [1.82, 2.24) is 16.0 Å². The topological polar surface area (TPSA) is 191 Å². The Balaban J connectivity index is 4.51. The molecule has 11 nitrogen and oxygen atoms in total. The summed E-state index contributed by atoms with van der Waals surface area (Å²) in [7, 11) is 0. The molecule has 0 fully saturated rings. The third-order valence-electron chi connectivity index (χ3n) is 3.02. The summed E-state index contributed by atoms with van der Waals surface area (Å²) in [5.41, 5.74) is 5.26. The molecule has 0 radical (unpaired) electrons. The molecule has 0 aliphatic carbocycles. The van der Waals surface area contributed by atoms with Gasteiger partial charge in [0.2, 0.25) is 17.7 Å². The number of hydrogen-bond acceptors (Lipinski definition) is 7. The molecule has 0 aromatic carbocycles. The second kappa shape index (κ2) is 10.5. The molecule has 0 aromatic rings. The van der Waals surface area contributed by atoms with Crippen molar-refractivity contribution in [1.29, 1.82) is 0 Å². The van der Waals surface area contributed by atoms with Crippen molar-refractivity contribution in [2.24, 2.45) is 11.7 Å². The minimum atomic E-state index is -1.36. The van der Waals surface area contributed by atoms with Crippen LogP contribution in [-0.2, 0) is 19.2 Å². The third kappa shape index (κ3) is 7.35. The average molecular weight is 348 g/mol. The molecule has 0 bridgehead atoms. The number of hydrogen-bond donors (Lipinski definition) is 7. The summed E-state index contributed by atoms with van der Waals surface area (Å²) in [4.78, 5) is 45.9. The van der Waals surface area contributed by atoms with Gasteiger partial charge in [0.1, 0.15) is 18.1 Å². The van der Waals surface area contributed by atoms with Crippen LogP contribution in [0.1, 0.15) is 13.8 Å². The van der Waals surface area contributed by atoms with Gasteiger partial charge in [-0.05, 0) is 5.92 Å². The number of aliphatic carboxylic acids is 1. The van der Waals surface area contributed by atoms with Gasteiger partial charge >= 0.3 is 5.97 Å². The van der Waals surface area contributed by atoms with Crippen LogP contribution in [0.4, 0.5) is 0 Å². The molecule has 0 saturated heterocycles. The lowest BCUT2D eigenvalue weighted by atomic mass is 10.1. The number of aliphatic hydroxyl groups is 2. The fourth-order valence-corrected chi connectivity index (χ4v) is 1.58. The standard InChI is InChI=1S/C13H24N4O7/c1-6(2)10(13(23)24)17-9(20)3-15-12(22)8(5-19)16-11(21)7(14)4-18/h6-8,10,18-19H,3-5,14H2,1-2H3,(H,15,22)(H,16,21)(H,17,20)(H,23,24). The summed E-state index contributed by atoms with van der Waals surface area (Å²) in [6, 6.07) is -3.72. The van der Waals surface area contributed by atoms with E-state index in [9.17, 15) is 19.2 Å². The molecular weight excluding hydrogens is 324 g/mol. The van der Waals surface area contributed by atoms with Crippen LogP contribution >= 0.6 is 0 Å². The SMILES string of the molecule is CC(C)C(NC(=O)CNC(=O)C(CO)NC(=O)C(N)CO)C(=O)O. The zero-order valence-corrected chi connectivity index (χ0v) is 13.5. The zero-order valence-electron chi connectivity index (χ0n) is 13.5. The lowest BCUT2D eigenvalue weighted by Gasteiger charge is -2.20. The Kier molecular flexibility index (Phi) is 9.54. The van der Waals surface area contributed by atoms with Crippen LogP contribution in [-0.4, -0.2) is 76.9 Å². The van der Waals surface area contributed by atoms with Crippen molar-refractivity contribution in [2.75, 3.05) is 19.8 Å². The van der Waals surface area contributed by atoms with Crippen molar-refractivity contribution in [3.05, 3.63) is 0 Å². The van der Waals surface area contributed by atoms with Gasteiger partial charge in [-0.2, -0.15) is 0 Å². The fourth-order valence-electron chi connectivity index (χ4n) is 1.58. The minimum Gasteiger partial charge on any atom is -0.480 e. The van der Waals surface area contributed by atoms with Gasteiger partial charge in [-0.3, -0.25) is 14.4 Å². The Morgan fingerprint density at radius 2 is 1.58 bits per heavy atom. The number of rotatable bonds is 10. The molecule has 0 aliphatic rings. The molecule has 24 heavy (non-hydrogen) atoms. The highest BCUT2D eigenvalue weighted by Crippen LogP contribution is 2.01. The van der Waals surface area contributed by atoms with Crippen molar-refractivity contribution >= 4 is 23.7 Å². The number of nitrogens with one attached hydrogen (secondary N) is 3. The summed E-state index contributed by atoms with van der Waals surface area (Å²) >= 11 is 0. The predicted molar refractivity (Wildman–Crippen MR) is 81.5 cm³/mol. The van der Waals surface area contributed by atoms with E-state index in [1.807, 2.05) is 0 Å². The number of nitrogens with two attached hydrogens (primary N) is 1. The van der Waals surface area contributed by atoms with Gasteiger partial charge in [0.05, 0.1) is 19.8 Å². The van der Waals surface area contributed by atoms with Crippen molar-refractivity contribution in [2.45, 2.75) is 32.0 Å². The summed E-state index contributed by atoms with van der Waals surface area (Å²) in [6.45, 7) is 1.30. The monoisotopic (exact) mass is 348 g/mol. The lowest BCUT2D eigenvalue weighted by molar-refractivity contribution is -0.143. The quantitative estimate of drug-likeness (QED) is 0.208. The van der Waals surface area contributed by atoms with Crippen molar-refractivity contribution < 1.29 is 34.5 Å². The van der Waals surface area contributed by atoms with Gasteiger partial charge in [-0.15, -0.1) is 0 Å². The van der Waals surface area contributed by atoms with E-state index in [1.165, 1.54) is 0 Å². The second-order valence-corrected chi connectivity index (χ2v) is 5.38. The summed E-state index contributed by atoms with van der Waals surface area (Å²) < 4.78 is 0. The Morgan fingerprint density at radius 1 is 1.00 bits per heavy atom. The zero-order chi connectivity index (χ0) is 18.9. The molecule has 8 N–H and O–H groups in total. The van der Waals surface area contributed by atoms with E-state index in [0.29, 0.717) is 0 Å². The van der Waals surface area contributed by atoms with E-state index in [2.05, 4.69) is 16.0 Å². The van der Waals surface area contributed by atoms with Crippen molar-refractivity contribution in [3.8, 4) is 0 Å². The maximum absolute atomic E-state index is 11.8. The average Bonchev–Trinajstić information content (AvgIpc) is 2.53. The molecule has 0 rings (SSSR count). The van der Waals surface area contributed by atoms with E-state index < -0.39 is 61.6 Å². The Labute approximate surface area is 138 Å². The predicted octanol–water partition coefficient (Wildman–Crippen LogP) is -3.88. The van der Waals surface area contributed by atoms with Gasteiger partial charge in [0, 0.05) is 0 Å². The van der Waals surface area contributed by atoms with Crippen LogP contribution in [0.5, 0.6) is 0 Å².